The number of hydrogen-bond donors (Lipinski definition) is 2. The Labute approximate surface area is 118 Å². The largest absolute Gasteiger partial charge is 0.419 e. The van der Waals surface area contributed by atoms with Crippen molar-refractivity contribution in [2.45, 2.75) is 19.1 Å². The lowest BCUT2D eigenvalue weighted by Gasteiger charge is -2.18. The number of hydrogen-bond acceptors (Lipinski definition) is 3. The van der Waals surface area contributed by atoms with Gasteiger partial charge in [0.05, 0.1) is 11.6 Å². The maximum absolute atomic E-state index is 14.1. The summed E-state index contributed by atoms with van der Waals surface area (Å²) in [7, 11) is 0. The van der Waals surface area contributed by atoms with Gasteiger partial charge in [-0.1, -0.05) is 12.1 Å². The number of nitrogens with two attached hydrogens (primary N) is 2. The van der Waals surface area contributed by atoms with Gasteiger partial charge in [-0.2, -0.15) is 13.2 Å². The molecule has 0 spiro atoms. The Morgan fingerprint density at radius 2 is 1.86 bits per heavy atom. The molecule has 112 valence electrons. The molecule has 0 radical (unpaired) electrons. The minimum absolute atomic E-state index is 0.0601. The summed E-state index contributed by atoms with van der Waals surface area (Å²) >= 11 is 0. The Kier molecular flexibility index (Phi) is 3.87. The van der Waals surface area contributed by atoms with Crippen molar-refractivity contribution in [2.24, 2.45) is 5.73 Å². The van der Waals surface area contributed by atoms with Crippen LogP contribution in [-0.4, -0.2) is 4.98 Å². The molecule has 0 amide bonds. The zero-order chi connectivity index (χ0) is 15.8. The Morgan fingerprint density at radius 3 is 2.48 bits per heavy atom. The summed E-state index contributed by atoms with van der Waals surface area (Å²) in [5.74, 6) is -1.33. The molecule has 7 heteroatoms. The molecule has 1 unspecified atom stereocenters. The number of aryl methyl sites for hydroxylation is 1. The normalized spacial score (nSPS) is 13.2. The van der Waals surface area contributed by atoms with Crippen molar-refractivity contribution in [2.75, 3.05) is 5.73 Å². The van der Waals surface area contributed by atoms with Gasteiger partial charge in [-0.25, -0.2) is 9.37 Å². The van der Waals surface area contributed by atoms with Crippen LogP contribution in [0.2, 0.25) is 0 Å². The van der Waals surface area contributed by atoms with Gasteiger partial charge in [-0.3, -0.25) is 0 Å². The van der Waals surface area contributed by atoms with Crippen molar-refractivity contribution < 1.29 is 17.6 Å². The lowest BCUT2D eigenvalue weighted by molar-refractivity contribution is -0.140. The predicted octanol–water partition coefficient (Wildman–Crippen LogP) is 3.18. The van der Waals surface area contributed by atoms with Crippen molar-refractivity contribution >= 4 is 5.82 Å². The standard InChI is InChI=1S/C14H13F4N3/c1-7-5-9(13(20)21-6-7)12(19)8-3-2-4-10(11(8)15)14(16,17)18/h2-6,12H,19H2,1H3,(H2,20,21). The molecule has 1 aromatic heterocycles. The summed E-state index contributed by atoms with van der Waals surface area (Å²) in [6.45, 7) is 1.73. The van der Waals surface area contributed by atoms with Gasteiger partial charge >= 0.3 is 6.18 Å². The van der Waals surface area contributed by atoms with E-state index in [1.165, 1.54) is 12.3 Å². The molecule has 21 heavy (non-hydrogen) atoms. The molecule has 3 nitrogen and oxygen atoms in total. The van der Waals surface area contributed by atoms with Gasteiger partial charge in [0.1, 0.15) is 11.6 Å². The first kappa shape index (κ1) is 15.2. The predicted molar refractivity (Wildman–Crippen MR) is 70.8 cm³/mol. The molecule has 2 aromatic rings. The lowest BCUT2D eigenvalue weighted by atomic mass is 9.96. The van der Waals surface area contributed by atoms with Gasteiger partial charge in [0.2, 0.25) is 0 Å². The average Bonchev–Trinajstić information content (AvgIpc) is 2.39. The molecule has 1 heterocycles. The van der Waals surface area contributed by atoms with E-state index in [0.29, 0.717) is 6.07 Å². The van der Waals surface area contributed by atoms with Crippen LogP contribution in [0.1, 0.15) is 28.3 Å². The molecule has 0 saturated carbocycles. The zero-order valence-corrected chi connectivity index (χ0v) is 11.1. The smallest absolute Gasteiger partial charge is 0.383 e. The van der Waals surface area contributed by atoms with Crippen LogP contribution < -0.4 is 11.5 Å². The lowest BCUT2D eigenvalue weighted by Crippen LogP contribution is -2.19. The van der Waals surface area contributed by atoms with Gasteiger partial charge in [0.15, 0.2) is 0 Å². The maximum Gasteiger partial charge on any atom is 0.419 e. The van der Waals surface area contributed by atoms with E-state index in [1.54, 1.807) is 13.0 Å². The molecular formula is C14H13F4N3. The van der Waals surface area contributed by atoms with Gasteiger partial charge in [0, 0.05) is 17.3 Å². The number of benzene rings is 1. The highest BCUT2D eigenvalue weighted by Gasteiger charge is 2.35. The van der Waals surface area contributed by atoms with Crippen LogP contribution in [0.25, 0.3) is 0 Å². The fourth-order valence-corrected chi connectivity index (χ4v) is 2.03. The summed E-state index contributed by atoms with van der Waals surface area (Å²) < 4.78 is 52.2. The highest BCUT2D eigenvalue weighted by atomic mass is 19.4. The average molecular weight is 299 g/mol. The first-order valence-electron chi connectivity index (χ1n) is 6.05. The third-order valence-corrected chi connectivity index (χ3v) is 3.09. The fourth-order valence-electron chi connectivity index (χ4n) is 2.03. The van der Waals surface area contributed by atoms with Crippen LogP contribution in [-0.2, 0) is 6.18 Å². The zero-order valence-electron chi connectivity index (χ0n) is 11.1. The third-order valence-electron chi connectivity index (χ3n) is 3.09. The Balaban J connectivity index is 2.54. The number of pyridine rings is 1. The number of alkyl halides is 3. The van der Waals surface area contributed by atoms with Crippen molar-refractivity contribution in [3.8, 4) is 0 Å². The molecule has 2 rings (SSSR count). The van der Waals surface area contributed by atoms with Crippen molar-refractivity contribution in [3.63, 3.8) is 0 Å². The van der Waals surface area contributed by atoms with Crippen LogP contribution in [0, 0.1) is 12.7 Å². The van der Waals surface area contributed by atoms with E-state index in [-0.39, 0.29) is 16.9 Å². The summed E-state index contributed by atoms with van der Waals surface area (Å²) in [5.41, 5.74) is 10.9. The number of rotatable bonds is 2. The highest BCUT2D eigenvalue weighted by molar-refractivity contribution is 5.47. The van der Waals surface area contributed by atoms with E-state index >= 15 is 0 Å². The van der Waals surface area contributed by atoms with Crippen molar-refractivity contribution in [1.82, 2.24) is 4.98 Å². The quantitative estimate of drug-likeness (QED) is 0.837. The van der Waals surface area contributed by atoms with Gasteiger partial charge < -0.3 is 11.5 Å². The molecule has 0 aliphatic heterocycles. The molecule has 0 bridgehead atoms. The molecule has 0 aliphatic carbocycles. The highest BCUT2D eigenvalue weighted by Crippen LogP contribution is 2.35. The molecule has 1 aromatic carbocycles. The number of anilines is 1. The molecule has 0 saturated heterocycles. The topological polar surface area (TPSA) is 64.9 Å². The second-order valence-electron chi connectivity index (χ2n) is 4.67. The molecular weight excluding hydrogens is 286 g/mol. The van der Waals surface area contributed by atoms with Crippen LogP contribution >= 0.6 is 0 Å². The Bertz CT molecular complexity index is 668. The summed E-state index contributed by atoms with van der Waals surface area (Å²) in [4.78, 5) is 3.88. The summed E-state index contributed by atoms with van der Waals surface area (Å²) in [6.07, 6.45) is -3.29. The molecule has 1 atom stereocenters. The van der Waals surface area contributed by atoms with E-state index < -0.39 is 23.6 Å². The third kappa shape index (κ3) is 2.97. The van der Waals surface area contributed by atoms with Gasteiger partial charge in [0.25, 0.3) is 0 Å². The number of nitrogens with zero attached hydrogens (tertiary/aromatic N) is 1. The van der Waals surface area contributed by atoms with Crippen LogP contribution in [0.15, 0.2) is 30.5 Å². The minimum atomic E-state index is -4.78. The van der Waals surface area contributed by atoms with E-state index in [1.807, 2.05) is 0 Å². The minimum Gasteiger partial charge on any atom is -0.383 e. The van der Waals surface area contributed by atoms with Crippen LogP contribution in [0.3, 0.4) is 0 Å². The van der Waals surface area contributed by atoms with E-state index in [0.717, 1.165) is 11.6 Å². The number of aromatic nitrogens is 1. The first-order chi connectivity index (χ1) is 9.71. The van der Waals surface area contributed by atoms with E-state index in [4.69, 9.17) is 11.5 Å². The van der Waals surface area contributed by atoms with E-state index in [9.17, 15) is 17.6 Å². The van der Waals surface area contributed by atoms with Gasteiger partial charge in [-0.15, -0.1) is 0 Å². The summed E-state index contributed by atoms with van der Waals surface area (Å²) in [5, 5.41) is 0. The maximum atomic E-state index is 14.1. The first-order valence-corrected chi connectivity index (χ1v) is 6.05. The number of nitrogen functional groups attached to an aromatic ring is 1. The monoisotopic (exact) mass is 299 g/mol. The fraction of sp³-hybridized carbons (Fsp3) is 0.214. The molecule has 4 N–H and O–H groups in total. The van der Waals surface area contributed by atoms with Gasteiger partial charge in [-0.05, 0) is 24.6 Å². The molecule has 0 aliphatic rings. The van der Waals surface area contributed by atoms with Crippen molar-refractivity contribution in [1.29, 1.82) is 0 Å². The van der Waals surface area contributed by atoms with E-state index in [2.05, 4.69) is 4.98 Å². The molecule has 0 fully saturated rings. The second kappa shape index (κ2) is 5.33. The SMILES string of the molecule is Cc1cnc(N)c(C(N)c2cccc(C(F)(F)F)c2F)c1. The van der Waals surface area contributed by atoms with Crippen LogP contribution in [0.5, 0.6) is 0 Å². The number of halogens is 4. The Morgan fingerprint density at radius 1 is 1.19 bits per heavy atom. The Hall–Kier alpha value is -2.15. The summed E-state index contributed by atoms with van der Waals surface area (Å²) in [6, 6.07) is 3.44. The van der Waals surface area contributed by atoms with Crippen LogP contribution in [0.4, 0.5) is 23.4 Å². The van der Waals surface area contributed by atoms with Crippen molar-refractivity contribution in [3.05, 3.63) is 58.5 Å². The second-order valence-corrected chi connectivity index (χ2v) is 4.67.